The first-order chi connectivity index (χ1) is 11.7. The van der Waals surface area contributed by atoms with Gasteiger partial charge in [0.25, 0.3) is 11.8 Å². The van der Waals surface area contributed by atoms with E-state index in [0.29, 0.717) is 5.88 Å². The summed E-state index contributed by atoms with van der Waals surface area (Å²) in [5.41, 5.74) is 1.21. The van der Waals surface area contributed by atoms with Gasteiger partial charge in [0.1, 0.15) is 0 Å². The van der Waals surface area contributed by atoms with Crippen molar-refractivity contribution in [3.8, 4) is 5.88 Å². The number of hydrogen-bond donors (Lipinski definition) is 0. The molecule has 1 amide bonds. The van der Waals surface area contributed by atoms with E-state index in [-0.39, 0.29) is 23.8 Å². The Hall–Kier alpha value is -2.41. The van der Waals surface area contributed by atoms with Gasteiger partial charge in [-0.15, -0.1) is 0 Å². The Balaban J connectivity index is 1.46. The molecule has 0 aromatic carbocycles. The summed E-state index contributed by atoms with van der Waals surface area (Å²) in [6, 6.07) is 6.06. The summed E-state index contributed by atoms with van der Waals surface area (Å²) in [6.07, 6.45) is 5.76. The summed E-state index contributed by atoms with van der Waals surface area (Å²) in [7, 11) is 1.51. The molecule has 0 radical (unpaired) electrons. The van der Waals surface area contributed by atoms with E-state index in [1.807, 2.05) is 17.2 Å². The Kier molecular flexibility index (Phi) is 3.93. The molecule has 2 aliphatic heterocycles. The lowest BCUT2D eigenvalue weighted by atomic mass is 10.1. The molecule has 2 atom stereocenters. The molecule has 7 nitrogen and oxygen atoms in total. The fourth-order valence-corrected chi connectivity index (χ4v) is 3.78. The predicted molar refractivity (Wildman–Crippen MR) is 85.5 cm³/mol. The lowest BCUT2D eigenvalue weighted by molar-refractivity contribution is 0.0369. The van der Waals surface area contributed by atoms with Crippen molar-refractivity contribution in [1.29, 1.82) is 0 Å². The van der Waals surface area contributed by atoms with E-state index in [1.165, 1.54) is 12.7 Å². The molecular weight excluding hydrogens is 308 g/mol. The van der Waals surface area contributed by atoms with Gasteiger partial charge in [0, 0.05) is 44.1 Å². The van der Waals surface area contributed by atoms with Crippen LogP contribution in [0.5, 0.6) is 5.88 Å². The first-order valence-electron chi connectivity index (χ1n) is 8.19. The Morgan fingerprint density at radius 3 is 2.79 bits per heavy atom. The Morgan fingerprint density at radius 2 is 2.17 bits per heavy atom. The number of hydrogen-bond acceptors (Lipinski definition) is 6. The van der Waals surface area contributed by atoms with Gasteiger partial charge < -0.3 is 14.2 Å². The molecule has 7 heteroatoms. The molecule has 0 aliphatic carbocycles. The number of rotatable bonds is 4. The third kappa shape index (κ3) is 2.75. The minimum Gasteiger partial charge on any atom is -0.479 e. The van der Waals surface area contributed by atoms with Gasteiger partial charge >= 0.3 is 0 Å². The number of piperazine rings is 1. The molecule has 2 aromatic rings. The number of amides is 1. The molecule has 0 N–H and O–H groups in total. The third-order valence-electron chi connectivity index (χ3n) is 4.83. The maximum atomic E-state index is 12.8. The van der Waals surface area contributed by atoms with Crippen molar-refractivity contribution < 1.29 is 14.1 Å². The largest absolute Gasteiger partial charge is 0.479 e. The Bertz CT molecular complexity index is 704. The van der Waals surface area contributed by atoms with Crippen LogP contribution in [0.4, 0.5) is 0 Å². The fraction of sp³-hybridized carbons (Fsp3) is 0.471. The number of ether oxygens (including phenoxy) is 1. The molecule has 2 aliphatic rings. The fourth-order valence-electron chi connectivity index (χ4n) is 3.78. The van der Waals surface area contributed by atoms with Crippen LogP contribution < -0.4 is 4.74 Å². The van der Waals surface area contributed by atoms with E-state index >= 15 is 0 Å². The van der Waals surface area contributed by atoms with E-state index < -0.39 is 0 Å². The summed E-state index contributed by atoms with van der Waals surface area (Å²) >= 11 is 0. The Labute approximate surface area is 140 Å². The molecule has 24 heavy (non-hydrogen) atoms. The van der Waals surface area contributed by atoms with E-state index in [9.17, 15) is 4.79 Å². The maximum absolute atomic E-state index is 12.8. The smallest absolute Gasteiger partial charge is 0.293 e. The van der Waals surface area contributed by atoms with Gasteiger partial charge in [0.15, 0.2) is 0 Å². The number of aromatic nitrogens is 2. The van der Waals surface area contributed by atoms with Gasteiger partial charge in [-0.25, -0.2) is 0 Å². The van der Waals surface area contributed by atoms with E-state index in [1.54, 1.807) is 12.3 Å². The second-order valence-corrected chi connectivity index (χ2v) is 6.39. The van der Waals surface area contributed by atoms with Crippen molar-refractivity contribution >= 4 is 5.91 Å². The zero-order valence-electron chi connectivity index (χ0n) is 13.6. The molecule has 0 spiro atoms. The second-order valence-electron chi connectivity index (χ2n) is 6.39. The van der Waals surface area contributed by atoms with Crippen molar-refractivity contribution in [2.24, 2.45) is 0 Å². The van der Waals surface area contributed by atoms with Crippen LogP contribution in [0, 0.1) is 0 Å². The summed E-state index contributed by atoms with van der Waals surface area (Å²) in [6.45, 7) is 2.63. The molecule has 2 fully saturated rings. The molecular formula is C17H20N4O3. The van der Waals surface area contributed by atoms with Crippen LogP contribution in [0.25, 0.3) is 0 Å². The normalized spacial score (nSPS) is 23.5. The molecule has 2 unspecified atom stereocenters. The van der Waals surface area contributed by atoms with Gasteiger partial charge in [0.05, 0.1) is 13.2 Å². The summed E-state index contributed by atoms with van der Waals surface area (Å²) in [4.78, 5) is 21.3. The molecule has 4 rings (SSSR count). The van der Waals surface area contributed by atoms with Gasteiger partial charge in [-0.3, -0.25) is 14.7 Å². The number of carbonyl (C=O) groups excluding carboxylic acids is 1. The lowest BCUT2D eigenvalue weighted by Gasteiger charge is -2.40. The van der Waals surface area contributed by atoms with Gasteiger partial charge in [-0.2, -0.15) is 0 Å². The molecule has 4 heterocycles. The van der Waals surface area contributed by atoms with Crippen LogP contribution in [0.15, 0.2) is 35.1 Å². The first-order valence-corrected chi connectivity index (χ1v) is 8.19. The van der Waals surface area contributed by atoms with Crippen LogP contribution in [0.2, 0.25) is 0 Å². The summed E-state index contributed by atoms with van der Waals surface area (Å²) < 4.78 is 10.1. The molecule has 0 saturated carbocycles. The monoisotopic (exact) mass is 328 g/mol. The van der Waals surface area contributed by atoms with Gasteiger partial charge in [0.2, 0.25) is 5.76 Å². The van der Waals surface area contributed by atoms with Crippen molar-refractivity contribution in [1.82, 2.24) is 19.9 Å². The first kappa shape index (κ1) is 15.1. The third-order valence-corrected chi connectivity index (χ3v) is 4.83. The average molecular weight is 328 g/mol. The number of carbonyl (C=O) groups is 1. The highest BCUT2D eigenvalue weighted by Gasteiger charge is 2.43. The minimum absolute atomic E-state index is 0.0840. The highest BCUT2D eigenvalue weighted by atomic mass is 16.5. The topological polar surface area (TPSA) is 71.7 Å². The maximum Gasteiger partial charge on any atom is 0.293 e. The zero-order chi connectivity index (χ0) is 16.5. The van der Waals surface area contributed by atoms with Crippen LogP contribution >= 0.6 is 0 Å². The minimum atomic E-state index is -0.0840. The lowest BCUT2D eigenvalue weighted by Crippen LogP contribution is -2.55. The SMILES string of the molecule is COc1cc(C(=O)N2C3CCC2CN(Cc2cccnc2)C3)on1. The van der Waals surface area contributed by atoms with E-state index in [4.69, 9.17) is 9.26 Å². The summed E-state index contributed by atoms with van der Waals surface area (Å²) in [5, 5.41) is 3.73. The average Bonchev–Trinajstić information content (AvgIpc) is 3.18. The van der Waals surface area contributed by atoms with E-state index in [2.05, 4.69) is 21.1 Å². The molecule has 126 valence electrons. The highest BCUT2D eigenvalue weighted by Crippen LogP contribution is 2.32. The van der Waals surface area contributed by atoms with Crippen LogP contribution in [0.3, 0.4) is 0 Å². The number of pyridine rings is 1. The van der Waals surface area contributed by atoms with Crippen LogP contribution in [0.1, 0.15) is 29.0 Å². The summed E-state index contributed by atoms with van der Waals surface area (Å²) in [5.74, 6) is 0.504. The number of likely N-dealkylation sites (tertiary alicyclic amines) is 1. The van der Waals surface area contributed by atoms with Gasteiger partial charge in [-0.1, -0.05) is 6.07 Å². The Morgan fingerprint density at radius 1 is 1.38 bits per heavy atom. The van der Waals surface area contributed by atoms with Crippen LogP contribution in [-0.2, 0) is 6.54 Å². The molecule has 2 bridgehead atoms. The molecule has 2 aromatic heterocycles. The van der Waals surface area contributed by atoms with Crippen LogP contribution in [-0.4, -0.2) is 58.1 Å². The number of fused-ring (bicyclic) bond motifs is 2. The van der Waals surface area contributed by atoms with Crippen molar-refractivity contribution in [3.63, 3.8) is 0 Å². The van der Waals surface area contributed by atoms with Crippen molar-refractivity contribution in [2.75, 3.05) is 20.2 Å². The predicted octanol–water partition coefficient (Wildman–Crippen LogP) is 1.57. The van der Waals surface area contributed by atoms with Gasteiger partial charge in [-0.05, 0) is 29.6 Å². The number of nitrogens with zero attached hydrogens (tertiary/aromatic N) is 4. The standard InChI is InChI=1S/C17H20N4O3/c1-23-16-7-15(24-19-16)17(22)21-13-4-5-14(21)11-20(10-13)9-12-3-2-6-18-8-12/h2-3,6-8,13-14H,4-5,9-11H2,1H3. The highest BCUT2D eigenvalue weighted by molar-refractivity contribution is 5.92. The zero-order valence-corrected chi connectivity index (χ0v) is 13.6. The van der Waals surface area contributed by atoms with Crippen molar-refractivity contribution in [3.05, 3.63) is 41.9 Å². The second kappa shape index (κ2) is 6.24. The quantitative estimate of drug-likeness (QED) is 0.848. The van der Waals surface area contributed by atoms with E-state index in [0.717, 1.165) is 32.5 Å². The van der Waals surface area contributed by atoms with Crippen molar-refractivity contribution in [2.45, 2.75) is 31.5 Å². The molecule has 2 saturated heterocycles. The number of methoxy groups -OCH3 is 1.